The van der Waals surface area contributed by atoms with E-state index in [0.717, 1.165) is 23.0 Å². The predicted octanol–water partition coefficient (Wildman–Crippen LogP) is 4.51. The topological polar surface area (TPSA) is 45.2 Å². The summed E-state index contributed by atoms with van der Waals surface area (Å²) >= 11 is 5.01. The Labute approximate surface area is 141 Å². The monoisotopic (exact) mass is 377 g/mol. The second-order valence-corrected chi connectivity index (χ2v) is 7.79. The van der Waals surface area contributed by atoms with Crippen LogP contribution in [0, 0.1) is 6.92 Å². The van der Waals surface area contributed by atoms with Crippen LogP contribution in [-0.4, -0.2) is 22.0 Å². The molecule has 2 bridgehead atoms. The number of fused-ring (bicyclic) bond motifs is 1. The van der Waals surface area contributed by atoms with E-state index in [9.17, 15) is 4.79 Å². The number of urea groups is 1. The number of halogens is 1. The lowest BCUT2D eigenvalue weighted by molar-refractivity contribution is 0.139. The van der Waals surface area contributed by atoms with Crippen molar-refractivity contribution in [2.75, 3.05) is 5.32 Å². The fourth-order valence-electron chi connectivity index (χ4n) is 3.33. The molecule has 0 atom stereocenters. The molecular weight excluding hydrogens is 362 g/mol. The molecule has 3 aliphatic rings. The van der Waals surface area contributed by atoms with E-state index in [-0.39, 0.29) is 6.03 Å². The highest BCUT2D eigenvalue weighted by Gasteiger charge is 2.41. The van der Waals surface area contributed by atoms with Crippen molar-refractivity contribution >= 4 is 38.4 Å². The van der Waals surface area contributed by atoms with E-state index < -0.39 is 0 Å². The first kappa shape index (κ1) is 14.2. The zero-order valence-corrected chi connectivity index (χ0v) is 14.6. The Morgan fingerprint density at radius 1 is 1.45 bits per heavy atom. The molecule has 1 fully saturated rings. The number of rotatable bonds is 1. The van der Waals surface area contributed by atoms with Gasteiger partial charge in [-0.15, -0.1) is 11.3 Å². The van der Waals surface area contributed by atoms with Crippen LogP contribution in [-0.2, 0) is 6.54 Å². The molecule has 1 saturated carbocycles. The van der Waals surface area contributed by atoms with Crippen LogP contribution in [0.1, 0.15) is 35.6 Å². The van der Waals surface area contributed by atoms with Crippen LogP contribution in [0.3, 0.4) is 0 Å². The quantitative estimate of drug-likeness (QED) is 0.794. The minimum atomic E-state index is -0.0365. The molecule has 2 amide bonds. The van der Waals surface area contributed by atoms with Crippen LogP contribution < -0.4 is 5.32 Å². The maximum atomic E-state index is 12.6. The zero-order chi connectivity index (χ0) is 15.3. The summed E-state index contributed by atoms with van der Waals surface area (Å²) in [6.07, 6.45) is 2.14. The number of nitrogens with zero attached hydrogens (tertiary/aromatic N) is 2. The number of carbonyl (C=O) groups excluding carboxylic acids is 1. The third-order valence-corrected chi connectivity index (χ3v) is 5.90. The summed E-state index contributed by atoms with van der Waals surface area (Å²) in [5.74, 6) is 0.605. The number of hydrogen-bond acceptors (Lipinski definition) is 3. The summed E-state index contributed by atoms with van der Waals surface area (Å²) in [5, 5.41) is 5.57. The SMILES string of the molecule is Cc1csc(NC(=O)N2Cc3cc(Br)ccc3C3CC2C3)n1. The predicted molar refractivity (Wildman–Crippen MR) is 91.3 cm³/mol. The zero-order valence-electron chi connectivity index (χ0n) is 12.2. The van der Waals surface area contributed by atoms with E-state index >= 15 is 0 Å². The molecule has 4 nitrogen and oxygen atoms in total. The van der Waals surface area contributed by atoms with Crippen molar-refractivity contribution < 1.29 is 4.79 Å². The fraction of sp³-hybridized carbons (Fsp3) is 0.375. The molecule has 6 heteroatoms. The average molecular weight is 378 g/mol. The molecule has 0 radical (unpaired) electrons. The van der Waals surface area contributed by atoms with Crippen LogP contribution in [0.2, 0.25) is 0 Å². The van der Waals surface area contributed by atoms with Gasteiger partial charge in [0.25, 0.3) is 0 Å². The van der Waals surface area contributed by atoms with Gasteiger partial charge in [0.15, 0.2) is 5.13 Å². The number of amides is 2. The molecule has 0 unspecified atom stereocenters. The molecule has 2 aromatic rings. The number of benzene rings is 1. The Hall–Kier alpha value is -1.40. The summed E-state index contributed by atoms with van der Waals surface area (Å²) in [4.78, 5) is 18.9. The highest BCUT2D eigenvalue weighted by Crippen LogP contribution is 2.45. The van der Waals surface area contributed by atoms with Crippen LogP contribution in [0.5, 0.6) is 0 Å². The number of hydrogen-bond donors (Lipinski definition) is 1. The summed E-state index contributed by atoms with van der Waals surface area (Å²) in [5.41, 5.74) is 3.60. The second-order valence-electron chi connectivity index (χ2n) is 6.02. The van der Waals surface area contributed by atoms with Gasteiger partial charge in [-0.05, 0) is 48.9 Å². The number of aromatic nitrogens is 1. The number of aryl methyl sites for hydroxylation is 1. The molecule has 22 heavy (non-hydrogen) atoms. The molecule has 0 spiro atoms. The van der Waals surface area contributed by atoms with E-state index in [2.05, 4.69) is 44.4 Å². The van der Waals surface area contributed by atoms with Gasteiger partial charge in [0.1, 0.15) is 0 Å². The molecule has 3 heterocycles. The summed E-state index contributed by atoms with van der Waals surface area (Å²) in [6.45, 7) is 2.61. The Balaban J connectivity index is 1.58. The molecular formula is C16H16BrN3OS. The number of anilines is 1. The van der Waals surface area contributed by atoms with Gasteiger partial charge in [-0.2, -0.15) is 0 Å². The lowest BCUT2D eigenvalue weighted by Crippen LogP contribution is -2.46. The number of thiazole rings is 1. The molecule has 1 aromatic carbocycles. The minimum Gasteiger partial charge on any atom is -0.317 e. The maximum Gasteiger partial charge on any atom is 0.324 e. The molecule has 114 valence electrons. The summed E-state index contributed by atoms with van der Waals surface area (Å²) in [7, 11) is 0. The first-order chi connectivity index (χ1) is 10.6. The van der Waals surface area contributed by atoms with Gasteiger partial charge in [-0.25, -0.2) is 9.78 Å². The summed E-state index contributed by atoms with van der Waals surface area (Å²) in [6, 6.07) is 6.75. The van der Waals surface area contributed by atoms with E-state index in [1.165, 1.54) is 22.5 Å². The van der Waals surface area contributed by atoms with Crippen molar-refractivity contribution in [3.63, 3.8) is 0 Å². The van der Waals surface area contributed by atoms with E-state index in [4.69, 9.17) is 0 Å². The lowest BCUT2D eigenvalue weighted by atomic mass is 9.76. The van der Waals surface area contributed by atoms with Crippen molar-refractivity contribution in [2.24, 2.45) is 0 Å². The highest BCUT2D eigenvalue weighted by molar-refractivity contribution is 9.10. The highest BCUT2D eigenvalue weighted by atomic mass is 79.9. The van der Waals surface area contributed by atoms with Gasteiger partial charge >= 0.3 is 6.03 Å². The molecule has 5 rings (SSSR count). The van der Waals surface area contributed by atoms with Crippen LogP contribution in [0.15, 0.2) is 28.1 Å². The van der Waals surface area contributed by atoms with Gasteiger partial charge < -0.3 is 4.90 Å². The maximum absolute atomic E-state index is 12.6. The summed E-state index contributed by atoms with van der Waals surface area (Å²) < 4.78 is 1.07. The number of carbonyl (C=O) groups is 1. The molecule has 1 N–H and O–H groups in total. The standard InChI is InChI=1S/C16H16BrN3OS/c1-9-8-22-15(18-9)19-16(21)20-7-11-4-12(17)2-3-14(11)10-5-13(20)6-10/h2-4,8,10,13H,5-7H2,1H3,(H,18,19,21). The number of nitrogens with one attached hydrogen (secondary N) is 1. The van der Waals surface area contributed by atoms with Crippen LogP contribution in [0.4, 0.5) is 9.93 Å². The van der Waals surface area contributed by atoms with Crippen molar-refractivity contribution in [1.29, 1.82) is 0 Å². The third kappa shape index (κ3) is 2.44. The van der Waals surface area contributed by atoms with Crippen LogP contribution >= 0.6 is 27.3 Å². The van der Waals surface area contributed by atoms with Crippen molar-refractivity contribution in [3.05, 3.63) is 44.9 Å². The van der Waals surface area contributed by atoms with E-state index in [1.807, 2.05) is 17.2 Å². The Morgan fingerprint density at radius 2 is 2.27 bits per heavy atom. The van der Waals surface area contributed by atoms with Crippen molar-refractivity contribution in [1.82, 2.24) is 9.88 Å². The smallest absolute Gasteiger partial charge is 0.317 e. The molecule has 0 saturated heterocycles. The minimum absolute atomic E-state index is 0.0365. The Morgan fingerprint density at radius 3 is 3.00 bits per heavy atom. The van der Waals surface area contributed by atoms with Gasteiger partial charge in [-0.1, -0.05) is 22.0 Å². The van der Waals surface area contributed by atoms with Crippen LogP contribution in [0.25, 0.3) is 0 Å². The molecule has 2 aliphatic heterocycles. The first-order valence-electron chi connectivity index (χ1n) is 7.38. The van der Waals surface area contributed by atoms with Gasteiger partial charge in [0.2, 0.25) is 0 Å². The molecule has 1 aromatic heterocycles. The van der Waals surface area contributed by atoms with E-state index in [1.54, 1.807) is 0 Å². The average Bonchev–Trinajstić information content (AvgIpc) is 2.69. The fourth-order valence-corrected chi connectivity index (χ4v) is 4.42. The Bertz CT molecular complexity index is 739. The second kappa shape index (κ2) is 5.35. The lowest BCUT2D eigenvalue weighted by Gasteiger charge is -2.39. The van der Waals surface area contributed by atoms with Crippen molar-refractivity contribution in [3.8, 4) is 0 Å². The largest absolute Gasteiger partial charge is 0.324 e. The first-order valence-corrected chi connectivity index (χ1v) is 9.05. The third-order valence-electron chi connectivity index (χ3n) is 4.53. The van der Waals surface area contributed by atoms with E-state index in [0.29, 0.717) is 23.6 Å². The normalized spacial score (nSPS) is 22.5. The van der Waals surface area contributed by atoms with Gasteiger partial charge in [0.05, 0.1) is 5.69 Å². The van der Waals surface area contributed by atoms with Gasteiger partial charge in [0, 0.05) is 22.4 Å². The Kier molecular flexibility index (Phi) is 3.46. The molecule has 1 aliphatic carbocycles. The van der Waals surface area contributed by atoms with Gasteiger partial charge in [-0.3, -0.25) is 5.32 Å². The van der Waals surface area contributed by atoms with Crippen molar-refractivity contribution in [2.45, 2.75) is 38.3 Å².